The second kappa shape index (κ2) is 6.60. The van der Waals surface area contributed by atoms with Crippen LogP contribution in [0, 0.1) is 12.8 Å². The zero-order chi connectivity index (χ0) is 17.3. The van der Waals surface area contributed by atoms with Gasteiger partial charge >= 0.3 is 5.69 Å². The quantitative estimate of drug-likeness (QED) is 0.852. The summed E-state index contributed by atoms with van der Waals surface area (Å²) in [6.07, 6.45) is 0.186. The Kier molecular flexibility index (Phi) is 4.53. The summed E-state index contributed by atoms with van der Waals surface area (Å²) in [4.78, 5) is 26.0. The second-order valence-corrected chi connectivity index (χ2v) is 6.36. The van der Waals surface area contributed by atoms with Crippen molar-refractivity contribution in [3.63, 3.8) is 0 Å². The van der Waals surface area contributed by atoms with Crippen LogP contribution in [0.15, 0.2) is 35.1 Å². The number of hydrogen-bond acceptors (Lipinski definition) is 4. The van der Waals surface area contributed by atoms with Crippen LogP contribution in [0.25, 0.3) is 0 Å². The molecular formula is C17H22N4O3. The first-order valence-corrected chi connectivity index (χ1v) is 8.06. The lowest BCUT2D eigenvalue weighted by Gasteiger charge is -2.15. The molecule has 1 aromatic carbocycles. The number of hydrogen-bond donors (Lipinski definition) is 1. The highest BCUT2D eigenvalue weighted by Gasteiger charge is 2.34. The van der Waals surface area contributed by atoms with E-state index in [9.17, 15) is 14.7 Å². The molecule has 128 valence electrons. The maximum absolute atomic E-state index is 12.4. The lowest BCUT2D eigenvalue weighted by Crippen LogP contribution is -2.36. The molecule has 1 aliphatic rings. The summed E-state index contributed by atoms with van der Waals surface area (Å²) in [5.41, 5.74) is 0.842. The molecule has 1 saturated heterocycles. The Morgan fingerprint density at radius 3 is 2.62 bits per heavy atom. The molecular weight excluding hydrogens is 308 g/mol. The molecule has 0 saturated carbocycles. The largest absolute Gasteiger partial charge is 0.391 e. The molecule has 1 aliphatic heterocycles. The molecule has 0 unspecified atom stereocenters. The maximum atomic E-state index is 12.4. The van der Waals surface area contributed by atoms with Crippen LogP contribution in [0.3, 0.4) is 0 Å². The van der Waals surface area contributed by atoms with Crippen LogP contribution < -0.4 is 5.69 Å². The summed E-state index contributed by atoms with van der Waals surface area (Å²) < 4.78 is 2.58. The molecule has 2 heterocycles. The lowest BCUT2D eigenvalue weighted by atomic mass is 9.97. The van der Waals surface area contributed by atoms with E-state index in [2.05, 4.69) is 5.10 Å². The third kappa shape index (κ3) is 3.26. The minimum atomic E-state index is -0.545. The Morgan fingerprint density at radius 1 is 1.29 bits per heavy atom. The van der Waals surface area contributed by atoms with Gasteiger partial charge in [0.05, 0.1) is 6.10 Å². The van der Waals surface area contributed by atoms with Crippen molar-refractivity contribution in [2.75, 3.05) is 13.1 Å². The molecule has 3 rings (SSSR count). The van der Waals surface area contributed by atoms with Crippen LogP contribution in [0.2, 0.25) is 0 Å². The van der Waals surface area contributed by atoms with Crippen LogP contribution >= 0.6 is 0 Å². The Bertz CT molecular complexity index is 781. The van der Waals surface area contributed by atoms with E-state index in [-0.39, 0.29) is 24.1 Å². The predicted molar refractivity (Wildman–Crippen MR) is 88.4 cm³/mol. The van der Waals surface area contributed by atoms with E-state index < -0.39 is 6.10 Å². The molecule has 0 spiro atoms. The highest BCUT2D eigenvalue weighted by Crippen LogP contribution is 2.21. The fourth-order valence-corrected chi connectivity index (χ4v) is 3.10. The number of carbonyl (C=O) groups excluding carboxylic acids is 1. The van der Waals surface area contributed by atoms with E-state index >= 15 is 0 Å². The summed E-state index contributed by atoms with van der Waals surface area (Å²) in [6.45, 7) is 2.43. The van der Waals surface area contributed by atoms with Crippen molar-refractivity contribution >= 4 is 5.91 Å². The van der Waals surface area contributed by atoms with Crippen LogP contribution in [0.1, 0.15) is 11.4 Å². The summed E-state index contributed by atoms with van der Waals surface area (Å²) >= 11 is 0. The smallest absolute Gasteiger partial charge is 0.346 e. The summed E-state index contributed by atoms with van der Waals surface area (Å²) in [5.74, 6) is 0.388. The number of aryl methyl sites for hydroxylation is 1. The van der Waals surface area contributed by atoms with Crippen molar-refractivity contribution in [1.82, 2.24) is 19.2 Å². The monoisotopic (exact) mass is 330 g/mol. The van der Waals surface area contributed by atoms with Crippen LogP contribution in [0.5, 0.6) is 0 Å². The zero-order valence-electron chi connectivity index (χ0n) is 13.9. The Labute approximate surface area is 140 Å². The fraction of sp³-hybridized carbons (Fsp3) is 0.471. The second-order valence-electron chi connectivity index (χ2n) is 6.36. The number of β-amino-alcohol motifs (C(OH)–C–C–N with tert-alkyl or cyclic N) is 1. The van der Waals surface area contributed by atoms with Gasteiger partial charge in [0.15, 0.2) is 0 Å². The average molecular weight is 330 g/mol. The van der Waals surface area contributed by atoms with E-state index in [0.717, 1.165) is 12.0 Å². The van der Waals surface area contributed by atoms with E-state index in [1.807, 2.05) is 30.3 Å². The van der Waals surface area contributed by atoms with Crippen molar-refractivity contribution < 1.29 is 9.90 Å². The number of amides is 1. The predicted octanol–water partition coefficient (Wildman–Crippen LogP) is -0.0478. The number of aromatic nitrogens is 3. The number of aliphatic hydroxyl groups is 1. The molecule has 1 aromatic heterocycles. The molecule has 1 amide bonds. The zero-order valence-corrected chi connectivity index (χ0v) is 13.9. The van der Waals surface area contributed by atoms with Gasteiger partial charge in [0, 0.05) is 26.1 Å². The topological polar surface area (TPSA) is 80.4 Å². The third-order valence-corrected chi connectivity index (χ3v) is 4.64. The molecule has 0 radical (unpaired) electrons. The summed E-state index contributed by atoms with van der Waals surface area (Å²) in [7, 11) is 1.63. The number of aliphatic hydroxyl groups excluding tert-OH is 1. The SMILES string of the molecule is Cc1nn(CC(=O)N2C[C@@H](Cc3ccccc3)[C@H](O)C2)c(=O)n1C. The Hall–Kier alpha value is -2.41. The van der Waals surface area contributed by atoms with Gasteiger partial charge in [0.25, 0.3) is 0 Å². The van der Waals surface area contributed by atoms with Gasteiger partial charge in [-0.2, -0.15) is 5.10 Å². The van der Waals surface area contributed by atoms with Gasteiger partial charge in [-0.1, -0.05) is 30.3 Å². The van der Waals surface area contributed by atoms with E-state index in [4.69, 9.17) is 0 Å². The molecule has 1 N–H and O–H groups in total. The van der Waals surface area contributed by atoms with E-state index in [1.54, 1.807) is 18.9 Å². The van der Waals surface area contributed by atoms with Gasteiger partial charge in [0.2, 0.25) is 5.91 Å². The van der Waals surface area contributed by atoms with Crippen LogP contribution in [-0.4, -0.2) is 49.5 Å². The highest BCUT2D eigenvalue weighted by atomic mass is 16.3. The molecule has 7 heteroatoms. The maximum Gasteiger partial charge on any atom is 0.346 e. The van der Waals surface area contributed by atoms with Gasteiger partial charge in [0.1, 0.15) is 12.4 Å². The standard InChI is InChI=1S/C17H22N4O3/c1-12-18-21(17(24)19(12)2)11-16(23)20-9-14(15(22)10-20)8-13-6-4-3-5-7-13/h3-7,14-15,22H,8-11H2,1-2H3/t14-,15-/m1/s1. The molecule has 24 heavy (non-hydrogen) atoms. The Morgan fingerprint density at radius 2 is 2.00 bits per heavy atom. The van der Waals surface area contributed by atoms with Gasteiger partial charge in [-0.3, -0.25) is 9.36 Å². The van der Waals surface area contributed by atoms with Gasteiger partial charge in [-0.05, 0) is 18.9 Å². The molecule has 0 aliphatic carbocycles. The first kappa shape index (κ1) is 16.4. The molecule has 0 bridgehead atoms. The van der Waals surface area contributed by atoms with Crippen molar-refractivity contribution in [2.45, 2.75) is 26.0 Å². The van der Waals surface area contributed by atoms with Crippen molar-refractivity contribution in [2.24, 2.45) is 13.0 Å². The summed E-state index contributed by atoms with van der Waals surface area (Å²) in [6, 6.07) is 9.93. The highest BCUT2D eigenvalue weighted by molar-refractivity contribution is 5.76. The van der Waals surface area contributed by atoms with E-state index in [1.165, 1.54) is 9.25 Å². The van der Waals surface area contributed by atoms with Gasteiger partial charge < -0.3 is 10.0 Å². The number of rotatable bonds is 4. The van der Waals surface area contributed by atoms with Crippen LogP contribution in [0.4, 0.5) is 0 Å². The average Bonchev–Trinajstić information content (AvgIpc) is 3.04. The third-order valence-electron chi connectivity index (χ3n) is 4.64. The number of carbonyl (C=O) groups is 1. The van der Waals surface area contributed by atoms with Crippen molar-refractivity contribution in [3.05, 3.63) is 52.2 Å². The minimum Gasteiger partial charge on any atom is -0.391 e. The Balaban J connectivity index is 1.64. The molecule has 7 nitrogen and oxygen atoms in total. The normalized spacial score (nSPS) is 20.5. The van der Waals surface area contributed by atoms with Gasteiger partial charge in [-0.25, -0.2) is 9.48 Å². The number of benzene rings is 1. The lowest BCUT2D eigenvalue weighted by molar-refractivity contribution is -0.131. The van der Waals surface area contributed by atoms with Crippen LogP contribution in [-0.2, 0) is 24.8 Å². The fourth-order valence-electron chi connectivity index (χ4n) is 3.10. The summed E-state index contributed by atoms with van der Waals surface area (Å²) in [5, 5.41) is 14.3. The molecule has 2 aromatic rings. The number of nitrogens with zero attached hydrogens (tertiary/aromatic N) is 4. The number of likely N-dealkylation sites (tertiary alicyclic amines) is 1. The first-order valence-electron chi connectivity index (χ1n) is 8.06. The van der Waals surface area contributed by atoms with Crippen molar-refractivity contribution in [1.29, 1.82) is 0 Å². The molecule has 2 atom stereocenters. The minimum absolute atomic E-state index is 0.0125. The first-order chi connectivity index (χ1) is 11.5. The van der Waals surface area contributed by atoms with Crippen molar-refractivity contribution in [3.8, 4) is 0 Å². The van der Waals surface area contributed by atoms with Gasteiger partial charge in [-0.15, -0.1) is 0 Å². The molecule has 1 fully saturated rings. The van der Waals surface area contributed by atoms with E-state index in [0.29, 0.717) is 18.9 Å².